The molecule has 0 fully saturated rings. The van der Waals surface area contributed by atoms with E-state index in [1.54, 1.807) is 11.8 Å². The van der Waals surface area contributed by atoms with Crippen LogP contribution in [0.3, 0.4) is 0 Å². The minimum absolute atomic E-state index is 0.240. The monoisotopic (exact) mass is 300 g/mol. The van der Waals surface area contributed by atoms with Gasteiger partial charge in [0.1, 0.15) is 0 Å². The molecule has 0 aliphatic carbocycles. The average Bonchev–Trinajstić information content (AvgIpc) is 2.53. The summed E-state index contributed by atoms with van der Waals surface area (Å²) in [6.07, 6.45) is 0.824. The first-order valence-electron chi connectivity index (χ1n) is 7.60. The van der Waals surface area contributed by atoms with Gasteiger partial charge in [0.05, 0.1) is 6.10 Å². The molecule has 0 spiro atoms. The van der Waals surface area contributed by atoms with Crippen molar-refractivity contribution in [2.24, 2.45) is 5.92 Å². The second-order valence-electron chi connectivity index (χ2n) is 5.70. The normalized spacial score (nSPS) is 12.6. The fourth-order valence-electron chi connectivity index (χ4n) is 2.09. The molecule has 21 heavy (non-hydrogen) atoms. The van der Waals surface area contributed by atoms with E-state index in [2.05, 4.69) is 69.3 Å². The Morgan fingerprint density at radius 1 is 1.00 bits per heavy atom. The van der Waals surface area contributed by atoms with Crippen LogP contribution in [0.1, 0.15) is 26.3 Å². The summed E-state index contributed by atoms with van der Waals surface area (Å²) in [5.74, 6) is 1.07. The van der Waals surface area contributed by atoms with E-state index in [0.717, 1.165) is 12.2 Å². The SMILES string of the molecule is CCc1cccc(-c2ccc(SCC(O)C(C)C)cc2)c1. The van der Waals surface area contributed by atoms with Crippen LogP contribution in [0, 0.1) is 5.92 Å². The van der Waals surface area contributed by atoms with Gasteiger partial charge in [0.2, 0.25) is 0 Å². The Bertz CT molecular complexity index is 560. The second-order valence-corrected chi connectivity index (χ2v) is 6.79. The first kappa shape index (κ1) is 16.1. The highest BCUT2D eigenvalue weighted by atomic mass is 32.2. The van der Waals surface area contributed by atoms with Crippen molar-refractivity contribution in [3.63, 3.8) is 0 Å². The third-order valence-electron chi connectivity index (χ3n) is 3.71. The summed E-state index contributed by atoms with van der Waals surface area (Å²) >= 11 is 1.72. The molecular formula is C19H24OS. The largest absolute Gasteiger partial charge is 0.392 e. The summed E-state index contributed by atoms with van der Waals surface area (Å²) in [5, 5.41) is 9.86. The lowest BCUT2D eigenvalue weighted by molar-refractivity contribution is 0.149. The van der Waals surface area contributed by atoms with E-state index < -0.39 is 0 Å². The molecule has 2 aromatic rings. The standard InChI is InChI=1S/C19H24OS/c1-4-15-6-5-7-17(12-15)16-8-10-18(11-9-16)21-13-19(20)14(2)3/h5-12,14,19-20H,4,13H2,1-3H3. The number of aliphatic hydroxyl groups excluding tert-OH is 1. The van der Waals surface area contributed by atoms with Crippen molar-refractivity contribution in [1.82, 2.24) is 0 Å². The van der Waals surface area contributed by atoms with Crippen molar-refractivity contribution in [2.75, 3.05) is 5.75 Å². The van der Waals surface area contributed by atoms with Gasteiger partial charge in [-0.2, -0.15) is 0 Å². The third-order valence-corrected chi connectivity index (χ3v) is 4.83. The van der Waals surface area contributed by atoms with E-state index in [1.165, 1.54) is 21.6 Å². The zero-order chi connectivity index (χ0) is 15.2. The van der Waals surface area contributed by atoms with Gasteiger partial charge in [-0.1, -0.05) is 57.2 Å². The molecule has 2 rings (SSSR count). The molecule has 1 atom stereocenters. The Balaban J connectivity index is 2.04. The van der Waals surface area contributed by atoms with Gasteiger partial charge in [-0.05, 0) is 41.2 Å². The molecule has 0 amide bonds. The van der Waals surface area contributed by atoms with Gasteiger partial charge in [0, 0.05) is 10.6 Å². The maximum atomic E-state index is 9.86. The van der Waals surface area contributed by atoms with Crippen LogP contribution >= 0.6 is 11.8 Å². The van der Waals surface area contributed by atoms with Gasteiger partial charge < -0.3 is 5.11 Å². The maximum Gasteiger partial charge on any atom is 0.0656 e. The highest BCUT2D eigenvalue weighted by Gasteiger charge is 2.09. The number of hydrogen-bond donors (Lipinski definition) is 1. The molecule has 0 bridgehead atoms. The first-order valence-corrected chi connectivity index (χ1v) is 8.59. The Morgan fingerprint density at radius 2 is 1.71 bits per heavy atom. The summed E-state index contributed by atoms with van der Waals surface area (Å²) in [6, 6.07) is 17.3. The van der Waals surface area contributed by atoms with E-state index in [0.29, 0.717) is 5.92 Å². The Hall–Kier alpha value is -1.25. The van der Waals surface area contributed by atoms with Crippen LogP contribution in [0.15, 0.2) is 53.4 Å². The number of aryl methyl sites for hydroxylation is 1. The van der Waals surface area contributed by atoms with Crippen molar-refractivity contribution in [2.45, 2.75) is 38.2 Å². The second kappa shape index (κ2) is 7.67. The molecular weight excluding hydrogens is 276 g/mol. The minimum Gasteiger partial charge on any atom is -0.392 e. The zero-order valence-corrected chi connectivity index (χ0v) is 13.9. The van der Waals surface area contributed by atoms with Crippen molar-refractivity contribution >= 4 is 11.8 Å². The molecule has 2 heteroatoms. The smallest absolute Gasteiger partial charge is 0.0656 e. The zero-order valence-electron chi connectivity index (χ0n) is 13.0. The summed E-state index contributed by atoms with van der Waals surface area (Å²) in [4.78, 5) is 1.21. The van der Waals surface area contributed by atoms with E-state index in [1.807, 2.05) is 0 Å². The fourth-order valence-corrected chi connectivity index (χ4v) is 3.17. The van der Waals surface area contributed by atoms with Crippen LogP contribution in [-0.2, 0) is 6.42 Å². The molecule has 0 radical (unpaired) electrons. The van der Waals surface area contributed by atoms with Gasteiger partial charge in [0.25, 0.3) is 0 Å². The topological polar surface area (TPSA) is 20.2 Å². The highest BCUT2D eigenvalue weighted by molar-refractivity contribution is 7.99. The molecule has 0 saturated carbocycles. The molecule has 0 heterocycles. The Morgan fingerprint density at radius 3 is 2.33 bits per heavy atom. The predicted octanol–water partition coefficient (Wildman–Crippen LogP) is 5.03. The Kier molecular flexibility index (Phi) is 5.89. The fraction of sp³-hybridized carbons (Fsp3) is 0.368. The number of benzene rings is 2. The van der Waals surface area contributed by atoms with Crippen molar-refractivity contribution < 1.29 is 5.11 Å². The summed E-state index contributed by atoms with van der Waals surface area (Å²) in [5.41, 5.74) is 3.89. The Labute approximate surface area is 132 Å². The molecule has 1 unspecified atom stereocenters. The van der Waals surface area contributed by atoms with Crippen LogP contribution < -0.4 is 0 Å². The van der Waals surface area contributed by atoms with Crippen LogP contribution in [-0.4, -0.2) is 17.0 Å². The molecule has 0 saturated heterocycles. The lowest BCUT2D eigenvalue weighted by Gasteiger charge is -2.13. The van der Waals surface area contributed by atoms with Crippen LogP contribution in [0.5, 0.6) is 0 Å². The van der Waals surface area contributed by atoms with Crippen LogP contribution in [0.25, 0.3) is 11.1 Å². The summed E-state index contributed by atoms with van der Waals surface area (Å²) in [6.45, 7) is 6.28. The van der Waals surface area contributed by atoms with E-state index in [-0.39, 0.29) is 6.10 Å². The van der Waals surface area contributed by atoms with Gasteiger partial charge in [0.15, 0.2) is 0 Å². The third kappa shape index (κ3) is 4.62. The van der Waals surface area contributed by atoms with Gasteiger partial charge in [-0.3, -0.25) is 0 Å². The van der Waals surface area contributed by atoms with E-state index >= 15 is 0 Å². The highest BCUT2D eigenvalue weighted by Crippen LogP contribution is 2.26. The first-order chi connectivity index (χ1) is 10.1. The molecule has 1 N–H and O–H groups in total. The number of rotatable bonds is 6. The molecule has 0 aromatic heterocycles. The molecule has 2 aromatic carbocycles. The van der Waals surface area contributed by atoms with E-state index in [4.69, 9.17) is 0 Å². The minimum atomic E-state index is -0.240. The summed E-state index contributed by atoms with van der Waals surface area (Å²) < 4.78 is 0. The quantitative estimate of drug-likeness (QED) is 0.755. The van der Waals surface area contributed by atoms with Gasteiger partial charge in [-0.25, -0.2) is 0 Å². The lowest BCUT2D eigenvalue weighted by Crippen LogP contribution is -2.17. The number of hydrogen-bond acceptors (Lipinski definition) is 2. The molecule has 0 aliphatic rings. The van der Waals surface area contributed by atoms with Crippen LogP contribution in [0.4, 0.5) is 0 Å². The van der Waals surface area contributed by atoms with Crippen LogP contribution in [0.2, 0.25) is 0 Å². The number of thioether (sulfide) groups is 1. The maximum absolute atomic E-state index is 9.86. The van der Waals surface area contributed by atoms with Gasteiger partial charge in [-0.15, -0.1) is 11.8 Å². The summed E-state index contributed by atoms with van der Waals surface area (Å²) in [7, 11) is 0. The van der Waals surface area contributed by atoms with Crippen molar-refractivity contribution in [1.29, 1.82) is 0 Å². The molecule has 0 aliphatic heterocycles. The van der Waals surface area contributed by atoms with Crippen molar-refractivity contribution in [3.05, 3.63) is 54.1 Å². The average molecular weight is 300 g/mol. The van der Waals surface area contributed by atoms with Gasteiger partial charge >= 0.3 is 0 Å². The lowest BCUT2D eigenvalue weighted by atomic mass is 10.0. The van der Waals surface area contributed by atoms with Crippen molar-refractivity contribution in [3.8, 4) is 11.1 Å². The number of aliphatic hydroxyl groups is 1. The molecule has 112 valence electrons. The molecule has 1 nitrogen and oxygen atoms in total. The van der Waals surface area contributed by atoms with E-state index in [9.17, 15) is 5.11 Å². The predicted molar refractivity (Wildman–Crippen MR) is 92.8 cm³/mol.